The van der Waals surface area contributed by atoms with E-state index in [2.05, 4.69) is 25.3 Å². The van der Waals surface area contributed by atoms with Crippen LogP contribution in [-0.2, 0) is 0 Å². The van der Waals surface area contributed by atoms with Crippen LogP contribution < -0.4 is 11.1 Å². The predicted molar refractivity (Wildman–Crippen MR) is 147 cm³/mol. The number of fused-ring (bicyclic) bond motifs is 3. The monoisotopic (exact) mass is 508 g/mol. The first-order chi connectivity index (χ1) is 18.6. The Bertz CT molecular complexity index is 1600. The van der Waals surface area contributed by atoms with Gasteiger partial charge < -0.3 is 16.0 Å². The molecule has 38 heavy (non-hydrogen) atoms. The van der Waals surface area contributed by atoms with Crippen LogP contribution in [0, 0.1) is 5.82 Å². The fourth-order valence-electron chi connectivity index (χ4n) is 5.42. The van der Waals surface area contributed by atoms with E-state index in [1.54, 1.807) is 42.9 Å². The van der Waals surface area contributed by atoms with Crippen LogP contribution in [0.3, 0.4) is 0 Å². The molecule has 2 unspecified atom stereocenters. The maximum Gasteiger partial charge on any atom is 0.251 e. The van der Waals surface area contributed by atoms with Crippen molar-refractivity contribution in [3.8, 4) is 22.4 Å². The third-order valence-electron chi connectivity index (χ3n) is 7.49. The highest BCUT2D eigenvalue weighted by Crippen LogP contribution is 2.36. The zero-order valence-corrected chi connectivity index (χ0v) is 21.0. The summed E-state index contributed by atoms with van der Waals surface area (Å²) >= 11 is 0. The topological polar surface area (TPSA) is 110 Å². The minimum atomic E-state index is -0.434. The summed E-state index contributed by atoms with van der Waals surface area (Å²) in [5.74, 6) is -0.590. The van der Waals surface area contributed by atoms with Crippen molar-refractivity contribution < 1.29 is 9.18 Å². The predicted octanol–water partition coefficient (Wildman–Crippen LogP) is 5.76. The van der Waals surface area contributed by atoms with Crippen LogP contribution in [0.25, 0.3) is 44.3 Å². The van der Waals surface area contributed by atoms with Gasteiger partial charge in [-0.2, -0.15) is 0 Å². The third kappa shape index (κ3) is 4.63. The van der Waals surface area contributed by atoms with Crippen molar-refractivity contribution in [2.45, 2.75) is 50.6 Å². The number of aromatic nitrogens is 4. The lowest BCUT2D eigenvalue weighted by Crippen LogP contribution is -2.48. The number of aromatic amines is 1. The number of hydrogen-bond donors (Lipinski definition) is 3. The molecule has 0 aliphatic heterocycles. The van der Waals surface area contributed by atoms with Crippen molar-refractivity contribution in [3.63, 3.8) is 0 Å². The van der Waals surface area contributed by atoms with Crippen LogP contribution >= 0.6 is 0 Å². The van der Waals surface area contributed by atoms with Gasteiger partial charge in [0.1, 0.15) is 11.5 Å². The molecule has 1 fully saturated rings. The van der Waals surface area contributed by atoms with Crippen molar-refractivity contribution in [1.29, 1.82) is 0 Å². The number of halogens is 1. The number of nitrogens with one attached hydrogen (secondary N) is 2. The van der Waals surface area contributed by atoms with Crippen LogP contribution in [0.15, 0.2) is 67.3 Å². The van der Waals surface area contributed by atoms with E-state index in [9.17, 15) is 4.79 Å². The number of amides is 1. The molecule has 5 aromatic rings. The standard InChI is InChI=1S/C30H29FN6O/c31-22-16-35-29-28(21-14-25(34-17-26(21)36-29)20-6-5-13-33-15-20)27(22)18-9-11-19(12-10-18)30(38)37-24-8-4-2-1-3-7-23(24)32/h5-6,9-17,23-24H,1-4,7-8,32H2,(H,35,36)(H,37,38). The number of H-pyrrole nitrogens is 1. The Morgan fingerprint density at radius 2 is 1.79 bits per heavy atom. The highest BCUT2D eigenvalue weighted by molar-refractivity contribution is 6.13. The zero-order chi connectivity index (χ0) is 26.1. The van der Waals surface area contributed by atoms with Crippen molar-refractivity contribution >= 4 is 27.8 Å². The molecule has 7 nitrogen and oxygen atoms in total. The van der Waals surface area contributed by atoms with Crippen LogP contribution in [-0.4, -0.2) is 37.9 Å². The molecule has 1 amide bonds. The van der Waals surface area contributed by atoms with Gasteiger partial charge in [0.05, 0.1) is 23.6 Å². The van der Waals surface area contributed by atoms with Crippen molar-refractivity contribution in [3.05, 3.63) is 78.6 Å². The van der Waals surface area contributed by atoms with Crippen molar-refractivity contribution in [1.82, 2.24) is 25.3 Å². The first-order valence-corrected chi connectivity index (χ1v) is 13.1. The van der Waals surface area contributed by atoms with Gasteiger partial charge >= 0.3 is 0 Å². The van der Waals surface area contributed by atoms with Gasteiger partial charge in [-0.05, 0) is 48.7 Å². The molecule has 0 spiro atoms. The number of pyridine rings is 3. The SMILES string of the molecule is NC1CCCCCCC1NC(=O)c1ccc(-c2c(F)cnc3[nH]c4cnc(-c5cccnc5)cc4c23)cc1. The summed E-state index contributed by atoms with van der Waals surface area (Å²) in [5.41, 5.74) is 10.9. The molecule has 0 saturated heterocycles. The van der Waals surface area contributed by atoms with Gasteiger partial charge in [0, 0.05) is 51.9 Å². The Labute approximate surface area is 219 Å². The van der Waals surface area contributed by atoms with E-state index in [0.717, 1.165) is 47.8 Å². The number of carbonyl (C=O) groups excluding carboxylic acids is 1. The van der Waals surface area contributed by atoms with Gasteiger partial charge in [0.15, 0.2) is 0 Å². The molecule has 4 N–H and O–H groups in total. The molecule has 2 atom stereocenters. The van der Waals surface area contributed by atoms with Crippen LogP contribution in [0.5, 0.6) is 0 Å². The molecule has 192 valence electrons. The molecule has 4 heterocycles. The van der Waals surface area contributed by atoms with Gasteiger partial charge in [-0.15, -0.1) is 0 Å². The van der Waals surface area contributed by atoms with Crippen LogP contribution in [0.1, 0.15) is 48.9 Å². The quantitative estimate of drug-likeness (QED) is 0.286. The van der Waals surface area contributed by atoms with E-state index >= 15 is 4.39 Å². The maximum atomic E-state index is 15.3. The van der Waals surface area contributed by atoms with E-state index in [1.807, 2.05) is 18.2 Å². The fraction of sp³-hybridized carbons (Fsp3) is 0.267. The van der Waals surface area contributed by atoms with E-state index in [-0.39, 0.29) is 18.0 Å². The second-order valence-corrected chi connectivity index (χ2v) is 10.00. The second kappa shape index (κ2) is 10.3. The van der Waals surface area contributed by atoms with Gasteiger partial charge in [0.2, 0.25) is 0 Å². The number of hydrogen-bond acceptors (Lipinski definition) is 5. The van der Waals surface area contributed by atoms with E-state index < -0.39 is 5.82 Å². The zero-order valence-electron chi connectivity index (χ0n) is 21.0. The van der Waals surface area contributed by atoms with Crippen LogP contribution in [0.2, 0.25) is 0 Å². The Morgan fingerprint density at radius 3 is 2.58 bits per heavy atom. The summed E-state index contributed by atoms with van der Waals surface area (Å²) in [7, 11) is 0. The number of rotatable bonds is 4. The summed E-state index contributed by atoms with van der Waals surface area (Å²) < 4.78 is 15.3. The first-order valence-electron chi connectivity index (χ1n) is 13.1. The second-order valence-electron chi connectivity index (χ2n) is 10.00. The minimum absolute atomic E-state index is 0.0337. The molecule has 0 bridgehead atoms. The molecule has 1 aliphatic rings. The van der Waals surface area contributed by atoms with E-state index in [1.165, 1.54) is 19.0 Å². The Balaban J connectivity index is 1.35. The molecule has 4 aromatic heterocycles. The highest BCUT2D eigenvalue weighted by atomic mass is 19.1. The van der Waals surface area contributed by atoms with Crippen LogP contribution in [0.4, 0.5) is 4.39 Å². The Kier molecular flexibility index (Phi) is 6.55. The molecule has 1 aromatic carbocycles. The van der Waals surface area contributed by atoms with Gasteiger partial charge in [-0.25, -0.2) is 9.37 Å². The molecule has 0 radical (unpaired) electrons. The average Bonchev–Trinajstić information content (AvgIpc) is 3.31. The lowest BCUT2D eigenvalue weighted by Gasteiger charge is -2.27. The minimum Gasteiger partial charge on any atom is -0.348 e. The normalized spacial score (nSPS) is 18.3. The molecular weight excluding hydrogens is 479 g/mol. The summed E-state index contributed by atoms with van der Waals surface area (Å²) in [6.07, 6.45) is 12.8. The molecule has 1 aliphatic carbocycles. The average molecular weight is 509 g/mol. The largest absolute Gasteiger partial charge is 0.348 e. The maximum absolute atomic E-state index is 15.3. The highest BCUT2D eigenvalue weighted by Gasteiger charge is 2.22. The van der Waals surface area contributed by atoms with Gasteiger partial charge in [0.25, 0.3) is 5.91 Å². The third-order valence-corrected chi connectivity index (χ3v) is 7.49. The van der Waals surface area contributed by atoms with Crippen molar-refractivity contribution in [2.75, 3.05) is 0 Å². The number of carbonyl (C=O) groups is 1. The molecule has 8 heteroatoms. The molecular formula is C30H29FN6O. The van der Waals surface area contributed by atoms with Crippen molar-refractivity contribution in [2.24, 2.45) is 5.73 Å². The van der Waals surface area contributed by atoms with Gasteiger partial charge in [-0.1, -0.05) is 37.8 Å². The molecule has 6 rings (SSSR count). The molecule has 1 saturated carbocycles. The summed E-state index contributed by atoms with van der Waals surface area (Å²) in [6, 6.07) is 12.7. The lowest BCUT2D eigenvalue weighted by atomic mass is 9.92. The summed E-state index contributed by atoms with van der Waals surface area (Å²) in [4.78, 5) is 29.3. The summed E-state index contributed by atoms with van der Waals surface area (Å²) in [5, 5.41) is 4.62. The lowest BCUT2D eigenvalue weighted by molar-refractivity contribution is 0.0925. The van der Waals surface area contributed by atoms with E-state index in [4.69, 9.17) is 5.73 Å². The van der Waals surface area contributed by atoms with Gasteiger partial charge in [-0.3, -0.25) is 14.8 Å². The number of nitrogens with two attached hydrogens (primary N) is 1. The number of benzene rings is 1. The van der Waals surface area contributed by atoms with E-state index in [0.29, 0.717) is 27.7 Å². The fourth-order valence-corrected chi connectivity index (χ4v) is 5.42. The number of nitrogens with zero attached hydrogens (tertiary/aromatic N) is 3. The Morgan fingerprint density at radius 1 is 0.974 bits per heavy atom. The first kappa shape index (κ1) is 24.2. The smallest absolute Gasteiger partial charge is 0.251 e. The Hall–Kier alpha value is -4.17. The summed E-state index contributed by atoms with van der Waals surface area (Å²) in [6.45, 7) is 0.